The Morgan fingerprint density at radius 3 is 2.71 bits per heavy atom. The number of carbonyl (C=O) groups is 2. The first-order valence-electron chi connectivity index (χ1n) is 15.5. The molecule has 3 saturated carbocycles. The number of rotatable bonds is 7. The number of furan rings is 1. The highest BCUT2D eigenvalue weighted by molar-refractivity contribution is 8.14. The fourth-order valence-corrected chi connectivity index (χ4v) is 10.3. The molecule has 1 aromatic heterocycles. The summed E-state index contributed by atoms with van der Waals surface area (Å²) in [6.45, 7) is 6.38. The fraction of sp³-hybridized carbons (Fsp3) is 0.486. The lowest BCUT2D eigenvalue weighted by molar-refractivity contribution is -0.513. The average Bonchev–Trinajstić information content (AvgIpc) is 3.64. The molecular weight excluding hydrogens is 593 g/mol. The van der Waals surface area contributed by atoms with Gasteiger partial charge in [-0.25, -0.2) is 9.18 Å². The number of carbonyl (C=O) groups excluding carboxylic acids is 2. The van der Waals surface area contributed by atoms with E-state index in [2.05, 4.69) is 19.9 Å². The molecular formula is C35H39FN3O5S+. The van der Waals surface area contributed by atoms with Gasteiger partial charge in [-0.1, -0.05) is 38.1 Å². The van der Waals surface area contributed by atoms with Crippen molar-refractivity contribution in [3.63, 3.8) is 0 Å². The monoisotopic (exact) mass is 632 g/mol. The van der Waals surface area contributed by atoms with Gasteiger partial charge in [0.25, 0.3) is 0 Å². The third-order valence-corrected chi connectivity index (χ3v) is 12.2. The number of nitrogens with one attached hydrogen (secondary N) is 1. The number of halogens is 1. The van der Waals surface area contributed by atoms with Crippen molar-refractivity contribution in [1.82, 2.24) is 0 Å². The Labute approximate surface area is 266 Å². The molecule has 45 heavy (non-hydrogen) atoms. The Balaban J connectivity index is 1.35. The van der Waals surface area contributed by atoms with Gasteiger partial charge in [0.2, 0.25) is 10.9 Å². The number of esters is 1. The summed E-state index contributed by atoms with van der Waals surface area (Å²) in [5.74, 6) is -1.01. The van der Waals surface area contributed by atoms with Gasteiger partial charge in [-0.3, -0.25) is 10.1 Å². The number of aliphatic hydroxyl groups is 1. The van der Waals surface area contributed by atoms with Crippen LogP contribution in [0.4, 0.5) is 10.1 Å². The summed E-state index contributed by atoms with van der Waals surface area (Å²) in [5.41, 5.74) is 1.07. The smallest absolute Gasteiger partial charge is 0.375 e. The molecule has 2 unspecified atom stereocenters. The van der Waals surface area contributed by atoms with Gasteiger partial charge in [0.15, 0.2) is 5.60 Å². The SMILES string of the molecule is C[C@H]1C[C@@H]2C([C@@H](O)C[C@@]3(C)C2CC[C@]3(OC(=O)c2ccco2)C(=O)SCC#N)[C@@]2(C)CC(C=N)=C([NH2+]c3ccc(F)cc3)C=C12. The maximum atomic E-state index is 14.0. The van der Waals surface area contributed by atoms with Gasteiger partial charge >= 0.3 is 5.97 Å². The lowest BCUT2D eigenvalue weighted by Gasteiger charge is -2.61. The predicted molar refractivity (Wildman–Crippen MR) is 167 cm³/mol. The summed E-state index contributed by atoms with van der Waals surface area (Å²) in [6.07, 6.45) is 6.74. The Bertz CT molecular complexity index is 1610. The summed E-state index contributed by atoms with van der Waals surface area (Å²) in [5, 5.41) is 31.3. The summed E-state index contributed by atoms with van der Waals surface area (Å²) in [7, 11) is 0. The molecule has 0 aliphatic heterocycles. The molecule has 0 radical (unpaired) electrons. The highest BCUT2D eigenvalue weighted by atomic mass is 32.2. The third-order valence-electron chi connectivity index (χ3n) is 11.3. The average molecular weight is 633 g/mol. The first kappa shape index (κ1) is 31.5. The third kappa shape index (κ3) is 5.00. The summed E-state index contributed by atoms with van der Waals surface area (Å²) in [6, 6.07) is 11.4. The second-order valence-electron chi connectivity index (χ2n) is 13.6. The molecule has 236 valence electrons. The topological polar surface area (TPSA) is 141 Å². The lowest BCUT2D eigenvalue weighted by atomic mass is 9.44. The number of nitrogens with zero attached hydrogens (tertiary/aromatic N) is 1. The van der Waals surface area contributed by atoms with E-state index in [9.17, 15) is 24.3 Å². The predicted octanol–water partition coefficient (Wildman–Crippen LogP) is 5.69. The van der Waals surface area contributed by atoms with E-state index in [1.807, 2.05) is 18.3 Å². The molecule has 4 aliphatic rings. The molecule has 4 aliphatic carbocycles. The van der Waals surface area contributed by atoms with Crippen LogP contribution in [-0.4, -0.2) is 39.9 Å². The molecule has 0 spiro atoms. The van der Waals surface area contributed by atoms with Crippen LogP contribution in [0.2, 0.25) is 0 Å². The number of fused-ring (bicyclic) bond motifs is 5. The van der Waals surface area contributed by atoms with Crippen LogP contribution in [0.25, 0.3) is 0 Å². The molecule has 3 fully saturated rings. The quantitative estimate of drug-likeness (QED) is 0.202. The van der Waals surface area contributed by atoms with E-state index in [1.165, 1.54) is 36.2 Å². The van der Waals surface area contributed by atoms with E-state index in [4.69, 9.17) is 14.6 Å². The zero-order valence-electron chi connectivity index (χ0n) is 25.7. The summed E-state index contributed by atoms with van der Waals surface area (Å²) < 4.78 is 25.0. The fourth-order valence-electron chi connectivity index (χ4n) is 9.52. The van der Waals surface area contributed by atoms with Gasteiger partial charge in [-0.2, -0.15) is 5.26 Å². The van der Waals surface area contributed by atoms with Crippen molar-refractivity contribution in [1.29, 1.82) is 10.7 Å². The first-order valence-corrected chi connectivity index (χ1v) is 16.5. The number of nitrogens with two attached hydrogens (primary N) is 1. The van der Waals surface area contributed by atoms with E-state index in [-0.39, 0.29) is 52.5 Å². The Morgan fingerprint density at radius 1 is 1.29 bits per heavy atom. The molecule has 6 rings (SSSR count). The highest BCUT2D eigenvalue weighted by Crippen LogP contribution is 2.69. The highest BCUT2D eigenvalue weighted by Gasteiger charge is 2.71. The van der Waals surface area contributed by atoms with Gasteiger partial charge in [-0.05, 0) is 91.5 Å². The van der Waals surface area contributed by atoms with Crippen LogP contribution in [0, 0.1) is 57.1 Å². The van der Waals surface area contributed by atoms with Crippen molar-refractivity contribution in [3.05, 3.63) is 77.2 Å². The number of ether oxygens (including phenoxy) is 1. The van der Waals surface area contributed by atoms with Gasteiger partial charge < -0.3 is 19.7 Å². The van der Waals surface area contributed by atoms with Crippen LogP contribution in [-0.2, 0) is 9.53 Å². The normalized spacial score (nSPS) is 35.4. The zero-order chi connectivity index (χ0) is 32.1. The van der Waals surface area contributed by atoms with E-state index in [0.29, 0.717) is 19.3 Å². The number of thioether (sulfide) groups is 1. The standard InChI is InChI=1S/C35H38FN3O5S/c1-20-15-24-25-10-11-35(32(42)45-14-12-37,44-31(41)29-5-4-13-43-29)34(25,3)18-28(40)30(24)33(2)17-21(19-38)27(16-26(20)33)39-23-8-6-22(36)7-9-23/h4-9,13,16,19-20,24-25,28,30,38-40H,10-11,14-15,17-18H2,1-3H3/p+1/t20-,24-,25?,28-,30?,33-,34-,35-/m0/s1. The second kappa shape index (κ2) is 11.7. The second-order valence-corrected chi connectivity index (χ2v) is 14.6. The molecule has 0 amide bonds. The minimum absolute atomic E-state index is 0.00346. The number of hydrogen-bond donors (Lipinski definition) is 3. The van der Waals surface area contributed by atoms with Crippen molar-refractivity contribution in [2.75, 3.05) is 5.75 Å². The number of allylic oxidation sites excluding steroid dienone is 3. The lowest BCUT2D eigenvalue weighted by Crippen LogP contribution is -2.76. The molecule has 1 heterocycles. The molecule has 2 aromatic rings. The maximum Gasteiger partial charge on any atom is 0.375 e. The summed E-state index contributed by atoms with van der Waals surface area (Å²) >= 11 is 0.866. The largest absolute Gasteiger partial charge is 0.457 e. The molecule has 4 N–H and O–H groups in total. The molecule has 10 heteroatoms. The molecule has 0 bridgehead atoms. The Hall–Kier alpha value is -3.52. The van der Waals surface area contributed by atoms with E-state index < -0.39 is 28.5 Å². The van der Waals surface area contributed by atoms with Crippen molar-refractivity contribution in [2.45, 2.75) is 64.6 Å². The number of quaternary nitrogens is 1. The van der Waals surface area contributed by atoms with Gasteiger partial charge in [0.1, 0.15) is 17.2 Å². The van der Waals surface area contributed by atoms with Gasteiger partial charge in [-0.15, -0.1) is 0 Å². The van der Waals surface area contributed by atoms with Crippen molar-refractivity contribution in [2.24, 2.45) is 34.5 Å². The van der Waals surface area contributed by atoms with Crippen LogP contribution < -0.4 is 5.32 Å². The van der Waals surface area contributed by atoms with Crippen LogP contribution >= 0.6 is 11.8 Å². The number of aliphatic hydroxyl groups excluding tert-OH is 1. The molecule has 8 atom stereocenters. The Kier molecular flexibility index (Phi) is 8.17. The van der Waals surface area contributed by atoms with Crippen LogP contribution in [0.1, 0.15) is 63.4 Å². The number of benzene rings is 1. The minimum atomic E-state index is -1.51. The molecule has 8 nitrogen and oxygen atoms in total. The summed E-state index contributed by atoms with van der Waals surface area (Å²) in [4.78, 5) is 27.3. The van der Waals surface area contributed by atoms with E-state index in [0.717, 1.165) is 35.1 Å². The van der Waals surface area contributed by atoms with Crippen molar-refractivity contribution in [3.8, 4) is 6.07 Å². The first-order chi connectivity index (χ1) is 21.5. The minimum Gasteiger partial charge on any atom is -0.457 e. The van der Waals surface area contributed by atoms with Crippen LogP contribution in [0.15, 0.2) is 70.0 Å². The van der Waals surface area contributed by atoms with Gasteiger partial charge in [0, 0.05) is 29.3 Å². The van der Waals surface area contributed by atoms with Gasteiger partial charge in [0.05, 0.1) is 24.2 Å². The van der Waals surface area contributed by atoms with Crippen molar-refractivity contribution < 1.29 is 33.6 Å². The van der Waals surface area contributed by atoms with Crippen LogP contribution in [0.5, 0.6) is 0 Å². The zero-order valence-corrected chi connectivity index (χ0v) is 26.5. The van der Waals surface area contributed by atoms with E-state index in [1.54, 1.807) is 18.2 Å². The number of hydrogen-bond acceptors (Lipinski definition) is 8. The molecule has 0 saturated heterocycles. The molecule has 1 aromatic carbocycles. The maximum absolute atomic E-state index is 14.0. The van der Waals surface area contributed by atoms with E-state index >= 15 is 0 Å². The van der Waals surface area contributed by atoms with Crippen LogP contribution in [0.3, 0.4) is 0 Å². The van der Waals surface area contributed by atoms with Crippen molar-refractivity contribution >= 4 is 34.7 Å². The Morgan fingerprint density at radius 2 is 2.04 bits per heavy atom. The number of nitriles is 1.